The normalized spacial score (nSPS) is 15.2. The number of nitrogens with zero attached hydrogens (tertiary/aromatic N) is 3. The van der Waals surface area contributed by atoms with Crippen LogP contribution in [0, 0.1) is 0 Å². The van der Waals surface area contributed by atoms with Gasteiger partial charge in [0, 0.05) is 5.70 Å². The number of benzene rings is 2. The zero-order chi connectivity index (χ0) is 20.9. The zero-order valence-electron chi connectivity index (χ0n) is 16.6. The van der Waals surface area contributed by atoms with Gasteiger partial charge in [0.25, 0.3) is 0 Å². The molecule has 1 aromatic heterocycles. The number of carbonyl (C=O) groups excluding carboxylic acids is 1. The summed E-state index contributed by atoms with van der Waals surface area (Å²) in [4.78, 5) is 17.1. The van der Waals surface area contributed by atoms with Gasteiger partial charge in [-0.3, -0.25) is 0 Å². The second kappa shape index (κ2) is 8.65. The molecule has 0 amide bonds. The summed E-state index contributed by atoms with van der Waals surface area (Å²) in [6, 6.07) is 17.1. The summed E-state index contributed by atoms with van der Waals surface area (Å²) in [6.07, 6.45) is 2.99. The summed E-state index contributed by atoms with van der Waals surface area (Å²) in [5.41, 5.74) is 3.06. The van der Waals surface area contributed by atoms with Crippen LogP contribution < -0.4 is 10.1 Å². The van der Waals surface area contributed by atoms with E-state index in [1.165, 1.54) is 12.4 Å². The summed E-state index contributed by atoms with van der Waals surface area (Å²) < 4.78 is 13.0. The summed E-state index contributed by atoms with van der Waals surface area (Å²) in [7, 11) is 0. The van der Waals surface area contributed by atoms with Crippen molar-refractivity contribution in [1.29, 1.82) is 0 Å². The van der Waals surface area contributed by atoms with E-state index in [-0.39, 0.29) is 6.61 Å². The van der Waals surface area contributed by atoms with Gasteiger partial charge in [-0.15, -0.1) is 0 Å². The average molecular weight is 402 g/mol. The molecule has 1 aliphatic rings. The Morgan fingerprint density at radius 1 is 1.23 bits per heavy atom. The third-order valence-electron chi connectivity index (χ3n) is 4.77. The van der Waals surface area contributed by atoms with Crippen LogP contribution in [0.5, 0.6) is 5.75 Å². The van der Waals surface area contributed by atoms with Crippen LogP contribution in [-0.2, 0) is 16.1 Å². The molecule has 1 atom stereocenters. The monoisotopic (exact) mass is 402 g/mol. The third kappa shape index (κ3) is 3.96. The number of rotatable bonds is 7. The molecule has 30 heavy (non-hydrogen) atoms. The Labute approximate surface area is 174 Å². The Balaban J connectivity index is 1.66. The van der Waals surface area contributed by atoms with Gasteiger partial charge in [0.05, 0.1) is 5.57 Å². The molecule has 1 aliphatic heterocycles. The van der Waals surface area contributed by atoms with Gasteiger partial charge in [-0.1, -0.05) is 55.1 Å². The molecule has 0 saturated heterocycles. The fraction of sp³-hybridized carbons (Fsp3) is 0.174. The second-order valence-corrected chi connectivity index (χ2v) is 6.83. The van der Waals surface area contributed by atoms with Gasteiger partial charge in [0.15, 0.2) is 0 Å². The maximum atomic E-state index is 12.8. The predicted molar refractivity (Wildman–Crippen MR) is 113 cm³/mol. The van der Waals surface area contributed by atoms with Gasteiger partial charge < -0.3 is 14.8 Å². The van der Waals surface area contributed by atoms with Crippen LogP contribution >= 0.6 is 0 Å². The van der Waals surface area contributed by atoms with Gasteiger partial charge in [0.2, 0.25) is 5.95 Å². The number of carbonyl (C=O) groups is 1. The molecule has 152 valence electrons. The van der Waals surface area contributed by atoms with Crippen LogP contribution in [0.4, 0.5) is 5.95 Å². The molecular weight excluding hydrogens is 380 g/mol. The van der Waals surface area contributed by atoms with Crippen molar-refractivity contribution in [2.24, 2.45) is 0 Å². The van der Waals surface area contributed by atoms with E-state index in [9.17, 15) is 4.79 Å². The van der Waals surface area contributed by atoms with Crippen molar-refractivity contribution in [1.82, 2.24) is 14.8 Å². The highest BCUT2D eigenvalue weighted by molar-refractivity contribution is 5.92. The van der Waals surface area contributed by atoms with Gasteiger partial charge in [-0.05, 0) is 30.2 Å². The maximum absolute atomic E-state index is 12.8. The quantitative estimate of drug-likeness (QED) is 0.477. The molecule has 0 spiro atoms. The molecule has 2 aromatic carbocycles. The molecule has 0 aliphatic carbocycles. The van der Waals surface area contributed by atoms with Crippen LogP contribution in [0.25, 0.3) is 0 Å². The fourth-order valence-corrected chi connectivity index (χ4v) is 3.39. The minimum Gasteiger partial charge on any atom is -0.489 e. The van der Waals surface area contributed by atoms with Crippen molar-refractivity contribution in [3.8, 4) is 5.75 Å². The zero-order valence-corrected chi connectivity index (χ0v) is 16.6. The highest BCUT2D eigenvalue weighted by Gasteiger charge is 2.34. The van der Waals surface area contributed by atoms with E-state index < -0.39 is 12.0 Å². The van der Waals surface area contributed by atoms with E-state index >= 15 is 0 Å². The number of nitrogens with one attached hydrogen (secondary N) is 1. The number of fused-ring (bicyclic) bond motifs is 1. The number of anilines is 1. The molecule has 1 N–H and O–H groups in total. The van der Waals surface area contributed by atoms with Gasteiger partial charge in [-0.2, -0.15) is 10.1 Å². The summed E-state index contributed by atoms with van der Waals surface area (Å²) in [6.45, 7) is 6.01. The molecule has 2 heterocycles. The van der Waals surface area contributed by atoms with Crippen molar-refractivity contribution >= 4 is 11.9 Å². The first-order valence-electron chi connectivity index (χ1n) is 9.59. The molecule has 0 fully saturated rings. The number of allylic oxidation sites excluding steroid dienone is 1. The predicted octanol–water partition coefficient (Wildman–Crippen LogP) is 3.88. The van der Waals surface area contributed by atoms with E-state index in [0.717, 1.165) is 11.1 Å². The molecule has 1 unspecified atom stereocenters. The van der Waals surface area contributed by atoms with Crippen molar-refractivity contribution in [3.63, 3.8) is 0 Å². The minimum atomic E-state index is -0.485. The van der Waals surface area contributed by atoms with Crippen LogP contribution in [0.3, 0.4) is 0 Å². The lowest BCUT2D eigenvalue weighted by molar-refractivity contribution is -0.138. The Morgan fingerprint density at radius 3 is 2.87 bits per heavy atom. The largest absolute Gasteiger partial charge is 0.489 e. The van der Waals surface area contributed by atoms with Crippen LogP contribution in [-0.4, -0.2) is 27.3 Å². The molecule has 0 radical (unpaired) electrons. The third-order valence-corrected chi connectivity index (χ3v) is 4.77. The first-order chi connectivity index (χ1) is 14.7. The maximum Gasteiger partial charge on any atom is 0.338 e. The van der Waals surface area contributed by atoms with E-state index in [4.69, 9.17) is 9.47 Å². The molecule has 0 bridgehead atoms. The van der Waals surface area contributed by atoms with Crippen molar-refractivity contribution < 1.29 is 14.3 Å². The lowest BCUT2D eigenvalue weighted by Crippen LogP contribution is -2.29. The molecule has 4 rings (SSSR count). The highest BCUT2D eigenvalue weighted by Crippen LogP contribution is 2.36. The Hall–Kier alpha value is -3.87. The Kier molecular flexibility index (Phi) is 5.61. The summed E-state index contributed by atoms with van der Waals surface area (Å²) >= 11 is 0. The van der Waals surface area contributed by atoms with Crippen molar-refractivity contribution in [2.75, 3.05) is 11.9 Å². The standard InChI is InChI=1S/C23H22N4O3/c1-3-12-29-22(28)20-16(2)26-23-24-15-25-27(23)21(20)18-10-7-11-19(13-18)30-14-17-8-5-4-6-9-17/h3-11,13,15,21H,1,12,14H2,2H3,(H,24,25,26). The number of ether oxygens (including phenoxy) is 2. The minimum absolute atomic E-state index is 0.132. The van der Waals surface area contributed by atoms with Gasteiger partial charge >= 0.3 is 5.97 Å². The van der Waals surface area contributed by atoms with Crippen LogP contribution in [0.2, 0.25) is 0 Å². The summed E-state index contributed by atoms with van der Waals surface area (Å²) in [5.74, 6) is 0.836. The molecule has 0 saturated carbocycles. The van der Waals surface area contributed by atoms with Crippen molar-refractivity contribution in [2.45, 2.75) is 19.6 Å². The SMILES string of the molecule is C=CCOC(=O)C1=C(C)Nc2ncnn2C1c1cccc(OCc2ccccc2)c1. The first-order valence-corrected chi connectivity index (χ1v) is 9.59. The topological polar surface area (TPSA) is 78.3 Å². The van der Waals surface area contributed by atoms with Crippen LogP contribution in [0.1, 0.15) is 24.1 Å². The summed E-state index contributed by atoms with van der Waals surface area (Å²) in [5, 5.41) is 7.44. The fourth-order valence-electron chi connectivity index (χ4n) is 3.39. The van der Waals surface area contributed by atoms with Gasteiger partial charge in [0.1, 0.15) is 31.3 Å². The molecular formula is C23H22N4O3. The van der Waals surface area contributed by atoms with Gasteiger partial charge in [-0.25, -0.2) is 9.48 Å². The first kappa shape index (κ1) is 19.4. The Morgan fingerprint density at radius 2 is 2.07 bits per heavy atom. The highest BCUT2D eigenvalue weighted by atomic mass is 16.5. The molecule has 7 nitrogen and oxygen atoms in total. The van der Waals surface area contributed by atoms with E-state index in [2.05, 4.69) is 22.0 Å². The van der Waals surface area contributed by atoms with E-state index in [1.54, 1.807) is 4.68 Å². The van der Waals surface area contributed by atoms with E-state index in [0.29, 0.717) is 29.6 Å². The Bertz CT molecular complexity index is 1090. The number of hydrogen-bond acceptors (Lipinski definition) is 6. The van der Waals surface area contributed by atoms with Crippen molar-refractivity contribution in [3.05, 3.63) is 96.0 Å². The average Bonchev–Trinajstić information content (AvgIpc) is 3.24. The number of hydrogen-bond donors (Lipinski definition) is 1. The van der Waals surface area contributed by atoms with E-state index in [1.807, 2.05) is 61.5 Å². The smallest absolute Gasteiger partial charge is 0.338 e. The second-order valence-electron chi connectivity index (χ2n) is 6.83. The lowest BCUT2D eigenvalue weighted by atomic mass is 9.95. The number of esters is 1. The molecule has 3 aromatic rings. The van der Waals surface area contributed by atoms with Crippen LogP contribution in [0.15, 0.2) is 84.8 Å². The number of aromatic nitrogens is 3. The lowest BCUT2D eigenvalue weighted by Gasteiger charge is -2.28. The molecule has 7 heteroatoms.